The zero-order chi connectivity index (χ0) is 9.97. The molecule has 1 N–H and O–H groups in total. The van der Waals surface area contributed by atoms with Crippen LogP contribution in [0, 0.1) is 5.41 Å². The van der Waals surface area contributed by atoms with Gasteiger partial charge in [0.2, 0.25) is 5.88 Å². The van der Waals surface area contributed by atoms with Crippen molar-refractivity contribution >= 4 is 11.5 Å². The Kier molecular flexibility index (Phi) is 2.18. The zero-order valence-electron chi connectivity index (χ0n) is 7.90. The van der Waals surface area contributed by atoms with Gasteiger partial charge >= 0.3 is 0 Å². The van der Waals surface area contributed by atoms with Gasteiger partial charge in [0.25, 0.3) is 0 Å². The Morgan fingerprint density at radius 1 is 1.57 bits per heavy atom. The fraction of sp³-hybridized carbons (Fsp3) is 0.200. The summed E-state index contributed by atoms with van der Waals surface area (Å²) in [5, 5.41) is 7.45. The van der Waals surface area contributed by atoms with Gasteiger partial charge in [-0.25, -0.2) is 4.98 Å². The van der Waals surface area contributed by atoms with Crippen molar-refractivity contribution in [1.82, 2.24) is 9.38 Å². The number of ether oxygens (including phenoxy) is 1. The van der Waals surface area contributed by atoms with Crippen LogP contribution in [0.25, 0.3) is 5.65 Å². The van der Waals surface area contributed by atoms with Crippen LogP contribution >= 0.6 is 0 Å². The van der Waals surface area contributed by atoms with Crippen molar-refractivity contribution < 1.29 is 4.74 Å². The molecule has 0 unspecified atom stereocenters. The molecule has 0 amide bonds. The molecule has 0 atom stereocenters. The lowest BCUT2D eigenvalue weighted by molar-refractivity contribution is 0.501. The average Bonchev–Trinajstić information content (AvgIpc) is 2.66. The van der Waals surface area contributed by atoms with Gasteiger partial charge in [-0.2, -0.15) is 0 Å². The number of aromatic nitrogens is 2. The van der Waals surface area contributed by atoms with Crippen LogP contribution in [0.2, 0.25) is 0 Å². The fourth-order valence-corrected chi connectivity index (χ4v) is 1.20. The first-order valence-corrected chi connectivity index (χ1v) is 4.48. The van der Waals surface area contributed by atoms with E-state index in [1.807, 2.05) is 35.7 Å². The highest BCUT2D eigenvalue weighted by molar-refractivity contribution is 5.74. The van der Waals surface area contributed by atoms with Gasteiger partial charge in [-0.05, 0) is 12.1 Å². The van der Waals surface area contributed by atoms with Gasteiger partial charge in [0.05, 0.1) is 0 Å². The SMILES string of the molecule is CCC(=N)Oc1cccc2nccn12. The second-order valence-corrected chi connectivity index (χ2v) is 2.90. The molecule has 14 heavy (non-hydrogen) atoms. The molecule has 0 aliphatic rings. The molecule has 4 heteroatoms. The Morgan fingerprint density at radius 2 is 2.43 bits per heavy atom. The van der Waals surface area contributed by atoms with E-state index in [4.69, 9.17) is 10.1 Å². The molecule has 0 spiro atoms. The maximum absolute atomic E-state index is 7.45. The molecule has 0 aromatic carbocycles. The second kappa shape index (κ2) is 3.49. The minimum absolute atomic E-state index is 0.256. The van der Waals surface area contributed by atoms with Crippen LogP contribution in [0.3, 0.4) is 0 Å². The highest BCUT2D eigenvalue weighted by Crippen LogP contribution is 2.13. The largest absolute Gasteiger partial charge is 0.427 e. The van der Waals surface area contributed by atoms with E-state index < -0.39 is 0 Å². The number of nitrogens with zero attached hydrogens (tertiary/aromatic N) is 2. The lowest BCUT2D eigenvalue weighted by Gasteiger charge is -2.06. The van der Waals surface area contributed by atoms with Crippen LogP contribution in [0.5, 0.6) is 5.88 Å². The van der Waals surface area contributed by atoms with E-state index in [2.05, 4.69) is 4.98 Å². The number of rotatable bonds is 2. The number of hydrogen-bond acceptors (Lipinski definition) is 3. The Balaban J connectivity index is 2.41. The molecule has 2 aromatic heterocycles. The monoisotopic (exact) mass is 189 g/mol. The summed E-state index contributed by atoms with van der Waals surface area (Å²) in [7, 11) is 0. The summed E-state index contributed by atoms with van der Waals surface area (Å²) < 4.78 is 7.15. The molecule has 0 radical (unpaired) electrons. The van der Waals surface area contributed by atoms with Crippen LogP contribution in [0.15, 0.2) is 30.6 Å². The molecular formula is C10H11N3O. The summed E-state index contributed by atoms with van der Waals surface area (Å²) in [4.78, 5) is 4.12. The second-order valence-electron chi connectivity index (χ2n) is 2.90. The molecule has 0 aliphatic heterocycles. The summed E-state index contributed by atoms with van der Waals surface area (Å²) in [6.07, 6.45) is 4.11. The van der Waals surface area contributed by atoms with Crippen molar-refractivity contribution in [3.05, 3.63) is 30.6 Å². The molecule has 2 rings (SSSR count). The van der Waals surface area contributed by atoms with Crippen molar-refractivity contribution in [3.63, 3.8) is 0 Å². The summed E-state index contributed by atoms with van der Waals surface area (Å²) in [5.41, 5.74) is 0.825. The fourth-order valence-electron chi connectivity index (χ4n) is 1.20. The minimum Gasteiger partial charge on any atom is -0.427 e. The first-order chi connectivity index (χ1) is 6.81. The minimum atomic E-state index is 0.256. The number of hydrogen-bond donors (Lipinski definition) is 1. The predicted octanol–water partition coefficient (Wildman–Crippen LogP) is 2.10. The van der Waals surface area contributed by atoms with E-state index in [9.17, 15) is 0 Å². The van der Waals surface area contributed by atoms with Crippen molar-refractivity contribution in [2.75, 3.05) is 0 Å². The zero-order valence-corrected chi connectivity index (χ0v) is 7.90. The van der Waals surface area contributed by atoms with Crippen LogP contribution in [0.4, 0.5) is 0 Å². The molecular weight excluding hydrogens is 178 g/mol. The lowest BCUT2D eigenvalue weighted by atomic mass is 10.4. The van der Waals surface area contributed by atoms with Gasteiger partial charge in [0, 0.05) is 18.8 Å². The van der Waals surface area contributed by atoms with E-state index in [1.54, 1.807) is 6.20 Å². The Labute approximate surface area is 81.7 Å². The molecule has 72 valence electrons. The molecule has 0 saturated heterocycles. The predicted molar refractivity (Wildman–Crippen MR) is 53.8 cm³/mol. The normalized spacial score (nSPS) is 10.4. The van der Waals surface area contributed by atoms with Gasteiger partial charge in [-0.3, -0.25) is 9.81 Å². The van der Waals surface area contributed by atoms with Crippen LogP contribution < -0.4 is 4.74 Å². The standard InChI is InChI=1S/C10H11N3O/c1-2-8(11)14-10-5-3-4-9-12-6-7-13(9)10/h3-7,11H,2H2,1H3. The van der Waals surface area contributed by atoms with E-state index >= 15 is 0 Å². The molecule has 2 aromatic rings. The van der Waals surface area contributed by atoms with Crippen molar-refractivity contribution in [1.29, 1.82) is 5.41 Å². The highest BCUT2D eigenvalue weighted by atomic mass is 16.5. The molecule has 0 bridgehead atoms. The molecule has 0 aliphatic carbocycles. The average molecular weight is 189 g/mol. The van der Waals surface area contributed by atoms with E-state index in [1.165, 1.54) is 0 Å². The number of imidazole rings is 1. The summed E-state index contributed by atoms with van der Waals surface area (Å²) >= 11 is 0. The maximum Gasteiger partial charge on any atom is 0.207 e. The molecule has 2 heterocycles. The van der Waals surface area contributed by atoms with Crippen LogP contribution in [-0.2, 0) is 0 Å². The Morgan fingerprint density at radius 3 is 3.21 bits per heavy atom. The third kappa shape index (κ3) is 1.46. The third-order valence-electron chi connectivity index (χ3n) is 1.94. The van der Waals surface area contributed by atoms with Crippen molar-refractivity contribution in [2.45, 2.75) is 13.3 Å². The van der Waals surface area contributed by atoms with Gasteiger partial charge in [0.15, 0.2) is 5.90 Å². The number of fused-ring (bicyclic) bond motifs is 1. The molecule has 0 fully saturated rings. The smallest absolute Gasteiger partial charge is 0.207 e. The van der Waals surface area contributed by atoms with Gasteiger partial charge in [-0.15, -0.1) is 0 Å². The quantitative estimate of drug-likeness (QED) is 0.581. The van der Waals surface area contributed by atoms with E-state index in [0.717, 1.165) is 5.65 Å². The van der Waals surface area contributed by atoms with Crippen molar-refractivity contribution in [2.24, 2.45) is 0 Å². The molecule has 0 saturated carbocycles. The lowest BCUT2D eigenvalue weighted by Crippen LogP contribution is -2.07. The first-order valence-electron chi connectivity index (χ1n) is 4.48. The summed E-state index contributed by atoms with van der Waals surface area (Å²) in [6.45, 7) is 1.89. The Bertz CT molecular complexity index is 461. The van der Waals surface area contributed by atoms with E-state index in [-0.39, 0.29) is 5.90 Å². The maximum atomic E-state index is 7.45. The van der Waals surface area contributed by atoms with Gasteiger partial charge in [0.1, 0.15) is 5.65 Å². The molecule has 4 nitrogen and oxygen atoms in total. The highest BCUT2D eigenvalue weighted by Gasteiger charge is 2.02. The Hall–Kier alpha value is -1.84. The van der Waals surface area contributed by atoms with Crippen molar-refractivity contribution in [3.8, 4) is 5.88 Å². The summed E-state index contributed by atoms with van der Waals surface area (Å²) in [5.74, 6) is 0.887. The van der Waals surface area contributed by atoms with Crippen LogP contribution in [-0.4, -0.2) is 15.3 Å². The first kappa shape index (κ1) is 8.74. The third-order valence-corrected chi connectivity index (χ3v) is 1.94. The number of nitrogens with one attached hydrogen (secondary N) is 1. The number of pyridine rings is 1. The van der Waals surface area contributed by atoms with Gasteiger partial charge < -0.3 is 4.74 Å². The van der Waals surface area contributed by atoms with E-state index in [0.29, 0.717) is 12.3 Å². The van der Waals surface area contributed by atoms with Crippen LogP contribution in [0.1, 0.15) is 13.3 Å². The topological polar surface area (TPSA) is 50.4 Å². The summed E-state index contributed by atoms with van der Waals surface area (Å²) in [6, 6.07) is 5.57. The van der Waals surface area contributed by atoms with Gasteiger partial charge in [-0.1, -0.05) is 13.0 Å².